The van der Waals surface area contributed by atoms with E-state index in [-0.39, 0.29) is 17.5 Å². The second kappa shape index (κ2) is 6.61. The van der Waals surface area contributed by atoms with Crippen molar-refractivity contribution >= 4 is 17.8 Å². The van der Waals surface area contributed by atoms with Gasteiger partial charge >= 0.3 is 5.97 Å². The minimum atomic E-state index is -1.01. The van der Waals surface area contributed by atoms with Crippen molar-refractivity contribution in [3.05, 3.63) is 36.2 Å². The van der Waals surface area contributed by atoms with Gasteiger partial charge in [-0.05, 0) is 24.6 Å². The van der Waals surface area contributed by atoms with Crippen molar-refractivity contribution in [1.29, 1.82) is 0 Å². The second-order valence-electron chi connectivity index (χ2n) is 5.61. The lowest BCUT2D eigenvalue weighted by Gasteiger charge is -2.17. The van der Waals surface area contributed by atoms with Crippen LogP contribution in [0.4, 0.5) is 5.95 Å². The van der Waals surface area contributed by atoms with Gasteiger partial charge in [0.25, 0.3) is 0 Å². The first kappa shape index (κ1) is 15.9. The van der Waals surface area contributed by atoms with E-state index in [0.717, 1.165) is 13.0 Å². The smallest absolute Gasteiger partial charge is 0.335 e. The molecular weight excluding hydrogens is 310 g/mol. The van der Waals surface area contributed by atoms with Crippen LogP contribution < -0.4 is 10.2 Å². The Hall–Kier alpha value is -3.03. The van der Waals surface area contributed by atoms with E-state index in [2.05, 4.69) is 20.3 Å². The summed E-state index contributed by atoms with van der Waals surface area (Å²) >= 11 is 0. The summed E-state index contributed by atoms with van der Waals surface area (Å²) in [6.07, 6.45) is 3.90. The molecule has 1 atom stereocenters. The fourth-order valence-corrected chi connectivity index (χ4v) is 2.69. The predicted molar refractivity (Wildman–Crippen MR) is 86.7 cm³/mol. The summed E-state index contributed by atoms with van der Waals surface area (Å²) < 4.78 is 0. The molecule has 1 aliphatic heterocycles. The molecule has 1 aliphatic rings. The van der Waals surface area contributed by atoms with Crippen molar-refractivity contribution in [1.82, 2.24) is 20.3 Å². The van der Waals surface area contributed by atoms with Crippen LogP contribution in [0, 0.1) is 0 Å². The topological polar surface area (TPSA) is 108 Å². The average Bonchev–Trinajstić information content (AvgIpc) is 3.03. The summed E-state index contributed by atoms with van der Waals surface area (Å²) in [4.78, 5) is 37.2. The lowest BCUT2D eigenvalue weighted by Crippen LogP contribution is -2.35. The van der Waals surface area contributed by atoms with Gasteiger partial charge in [-0.15, -0.1) is 0 Å². The number of carbonyl (C=O) groups excluding carboxylic acids is 1. The standard InChI is InChI=1S/C16H17N5O3/c1-10(22)19-12-4-7-21(9-12)16-18-6-3-13(20-16)14-8-11(15(23)24)2-5-17-14/h2-3,5-6,8,12H,4,7,9H2,1H3,(H,19,22)(H,23,24)/t12-/m1/s1. The van der Waals surface area contributed by atoms with E-state index in [1.165, 1.54) is 25.3 Å². The molecule has 1 amide bonds. The van der Waals surface area contributed by atoms with Crippen LogP contribution in [0.15, 0.2) is 30.6 Å². The number of anilines is 1. The molecule has 2 aromatic heterocycles. The SMILES string of the molecule is CC(=O)N[C@@H]1CCN(c2nccc(-c3cc(C(=O)O)ccn3)n2)C1. The molecule has 1 fully saturated rings. The second-order valence-corrected chi connectivity index (χ2v) is 5.61. The van der Waals surface area contributed by atoms with Crippen LogP contribution in [0.3, 0.4) is 0 Å². The molecule has 24 heavy (non-hydrogen) atoms. The Kier molecular flexibility index (Phi) is 4.37. The maximum absolute atomic E-state index is 11.2. The number of carbonyl (C=O) groups is 2. The van der Waals surface area contributed by atoms with Crippen molar-refractivity contribution in [2.45, 2.75) is 19.4 Å². The van der Waals surface area contributed by atoms with E-state index in [1.807, 2.05) is 4.90 Å². The maximum Gasteiger partial charge on any atom is 0.335 e. The lowest BCUT2D eigenvalue weighted by molar-refractivity contribution is -0.119. The number of pyridine rings is 1. The van der Waals surface area contributed by atoms with Crippen molar-refractivity contribution in [2.24, 2.45) is 0 Å². The molecule has 0 unspecified atom stereocenters. The molecule has 0 saturated carbocycles. The van der Waals surface area contributed by atoms with Crippen molar-refractivity contribution in [3.63, 3.8) is 0 Å². The number of aromatic nitrogens is 3. The summed E-state index contributed by atoms with van der Waals surface area (Å²) in [7, 11) is 0. The van der Waals surface area contributed by atoms with Gasteiger partial charge in [0.15, 0.2) is 0 Å². The normalized spacial score (nSPS) is 16.9. The van der Waals surface area contributed by atoms with Gasteiger partial charge in [-0.1, -0.05) is 0 Å². The summed E-state index contributed by atoms with van der Waals surface area (Å²) in [5, 5.41) is 12.0. The van der Waals surface area contributed by atoms with E-state index in [9.17, 15) is 9.59 Å². The number of hydrogen-bond acceptors (Lipinski definition) is 6. The number of nitrogens with zero attached hydrogens (tertiary/aromatic N) is 4. The van der Waals surface area contributed by atoms with Gasteiger partial charge in [-0.25, -0.2) is 14.8 Å². The van der Waals surface area contributed by atoms with Gasteiger partial charge in [0, 0.05) is 38.4 Å². The Morgan fingerprint density at radius 2 is 2.04 bits per heavy atom. The van der Waals surface area contributed by atoms with Gasteiger partial charge < -0.3 is 15.3 Å². The van der Waals surface area contributed by atoms with Gasteiger partial charge in [0.1, 0.15) is 0 Å². The molecule has 0 spiro atoms. The highest BCUT2D eigenvalue weighted by atomic mass is 16.4. The van der Waals surface area contributed by atoms with Crippen LogP contribution in [0.1, 0.15) is 23.7 Å². The van der Waals surface area contributed by atoms with Crippen LogP contribution in [0.2, 0.25) is 0 Å². The lowest BCUT2D eigenvalue weighted by atomic mass is 10.2. The van der Waals surface area contributed by atoms with E-state index in [4.69, 9.17) is 5.11 Å². The monoisotopic (exact) mass is 327 g/mol. The van der Waals surface area contributed by atoms with E-state index >= 15 is 0 Å². The van der Waals surface area contributed by atoms with Gasteiger partial charge in [-0.2, -0.15) is 0 Å². The quantitative estimate of drug-likeness (QED) is 0.860. The Morgan fingerprint density at radius 3 is 2.79 bits per heavy atom. The first-order valence-electron chi connectivity index (χ1n) is 7.58. The fraction of sp³-hybridized carbons (Fsp3) is 0.312. The molecule has 0 radical (unpaired) electrons. The molecule has 0 aliphatic carbocycles. The first-order valence-corrected chi connectivity index (χ1v) is 7.58. The van der Waals surface area contributed by atoms with E-state index in [1.54, 1.807) is 12.3 Å². The Balaban J connectivity index is 1.81. The number of carboxylic acid groups (broad SMARTS) is 1. The van der Waals surface area contributed by atoms with Gasteiger partial charge in [0.2, 0.25) is 11.9 Å². The Labute approximate surface area is 138 Å². The molecule has 3 rings (SSSR count). The zero-order valence-corrected chi connectivity index (χ0v) is 13.1. The predicted octanol–water partition coefficient (Wildman–Crippen LogP) is 0.952. The largest absolute Gasteiger partial charge is 0.478 e. The summed E-state index contributed by atoms with van der Waals surface area (Å²) in [6.45, 7) is 2.89. The molecule has 2 aromatic rings. The molecule has 0 bridgehead atoms. The highest BCUT2D eigenvalue weighted by Crippen LogP contribution is 2.21. The van der Waals surface area contributed by atoms with Crippen LogP contribution in [-0.2, 0) is 4.79 Å². The highest BCUT2D eigenvalue weighted by molar-refractivity contribution is 5.88. The highest BCUT2D eigenvalue weighted by Gasteiger charge is 2.25. The minimum absolute atomic E-state index is 0.0498. The molecule has 3 heterocycles. The third-order valence-corrected chi connectivity index (χ3v) is 3.79. The Bertz CT molecular complexity index is 780. The summed E-state index contributed by atoms with van der Waals surface area (Å²) in [5.74, 6) is -0.514. The number of nitrogens with one attached hydrogen (secondary N) is 1. The molecule has 0 aromatic carbocycles. The van der Waals surface area contributed by atoms with E-state index in [0.29, 0.717) is 23.9 Å². The molecule has 2 N–H and O–H groups in total. The van der Waals surface area contributed by atoms with Crippen molar-refractivity contribution in [2.75, 3.05) is 18.0 Å². The van der Waals surface area contributed by atoms with Crippen molar-refractivity contribution < 1.29 is 14.7 Å². The van der Waals surface area contributed by atoms with Crippen molar-refractivity contribution in [3.8, 4) is 11.4 Å². The minimum Gasteiger partial charge on any atom is -0.478 e. The van der Waals surface area contributed by atoms with E-state index < -0.39 is 5.97 Å². The van der Waals surface area contributed by atoms with Gasteiger partial charge in [0.05, 0.1) is 17.0 Å². The number of rotatable bonds is 4. The third kappa shape index (κ3) is 3.48. The maximum atomic E-state index is 11.2. The van der Waals surface area contributed by atoms with Crippen LogP contribution in [0.5, 0.6) is 0 Å². The van der Waals surface area contributed by atoms with Crippen LogP contribution in [-0.4, -0.2) is 51.1 Å². The molecule has 8 nitrogen and oxygen atoms in total. The number of hydrogen-bond donors (Lipinski definition) is 2. The number of carboxylic acids is 1. The molecule has 124 valence electrons. The van der Waals surface area contributed by atoms with Gasteiger partial charge in [-0.3, -0.25) is 9.78 Å². The number of amides is 1. The van der Waals surface area contributed by atoms with Crippen LogP contribution in [0.25, 0.3) is 11.4 Å². The molecule has 1 saturated heterocycles. The zero-order chi connectivity index (χ0) is 17.1. The molecular formula is C16H17N5O3. The zero-order valence-electron chi connectivity index (χ0n) is 13.1. The number of aromatic carboxylic acids is 1. The van der Waals surface area contributed by atoms with Crippen LogP contribution >= 0.6 is 0 Å². The summed E-state index contributed by atoms with van der Waals surface area (Å²) in [5.41, 5.74) is 1.20. The first-order chi connectivity index (χ1) is 11.5. The molecule has 8 heteroatoms. The average molecular weight is 327 g/mol. The fourth-order valence-electron chi connectivity index (χ4n) is 2.69. The Morgan fingerprint density at radius 1 is 1.25 bits per heavy atom. The third-order valence-electron chi connectivity index (χ3n) is 3.79. The summed E-state index contributed by atoms with van der Waals surface area (Å²) in [6, 6.07) is 4.70.